The zero-order valence-electron chi connectivity index (χ0n) is 11.2. The van der Waals surface area contributed by atoms with Crippen LogP contribution in [-0.4, -0.2) is 6.04 Å². The highest BCUT2D eigenvalue weighted by Gasteiger charge is 2.22. The predicted octanol–water partition coefficient (Wildman–Crippen LogP) is 4.63. The maximum absolute atomic E-state index is 3.68. The quantitative estimate of drug-likeness (QED) is 0.752. The molecular formula is C16H25N. The van der Waals surface area contributed by atoms with Crippen LogP contribution in [0.2, 0.25) is 0 Å². The first kappa shape index (κ1) is 12.5. The highest BCUT2D eigenvalue weighted by atomic mass is 14.9. The van der Waals surface area contributed by atoms with E-state index in [0.717, 1.165) is 5.92 Å². The first-order valence-electron chi connectivity index (χ1n) is 7.18. The summed E-state index contributed by atoms with van der Waals surface area (Å²) in [6.45, 7) is 4.62. The zero-order chi connectivity index (χ0) is 12.1. The summed E-state index contributed by atoms with van der Waals surface area (Å²) in [5, 5.41) is 3.68. The maximum atomic E-state index is 3.68. The largest absolute Gasteiger partial charge is 0.382 e. The van der Waals surface area contributed by atoms with E-state index >= 15 is 0 Å². The van der Waals surface area contributed by atoms with Gasteiger partial charge in [-0.1, -0.05) is 57.7 Å². The second kappa shape index (κ2) is 6.09. The number of rotatable bonds is 6. The molecule has 2 unspecified atom stereocenters. The van der Waals surface area contributed by atoms with E-state index in [9.17, 15) is 0 Å². The molecular weight excluding hydrogens is 206 g/mol. The van der Waals surface area contributed by atoms with Gasteiger partial charge in [-0.15, -0.1) is 0 Å². The molecule has 1 aliphatic rings. The van der Waals surface area contributed by atoms with E-state index in [1.165, 1.54) is 49.8 Å². The van der Waals surface area contributed by atoms with Crippen LogP contribution >= 0.6 is 0 Å². The molecule has 0 spiro atoms. The van der Waals surface area contributed by atoms with Crippen LogP contribution in [0.15, 0.2) is 24.3 Å². The molecule has 0 amide bonds. The molecule has 1 aliphatic heterocycles. The summed E-state index contributed by atoms with van der Waals surface area (Å²) in [4.78, 5) is 0. The van der Waals surface area contributed by atoms with Crippen molar-refractivity contribution in [2.45, 2.75) is 58.4 Å². The second-order valence-corrected chi connectivity index (χ2v) is 5.35. The topological polar surface area (TPSA) is 12.0 Å². The minimum Gasteiger partial charge on any atom is -0.382 e. The normalized spacial score (nSPS) is 19.8. The highest BCUT2D eigenvalue weighted by Crippen LogP contribution is 2.30. The fourth-order valence-electron chi connectivity index (χ4n) is 2.90. The Morgan fingerprint density at radius 1 is 1.29 bits per heavy atom. The van der Waals surface area contributed by atoms with E-state index in [2.05, 4.69) is 43.4 Å². The van der Waals surface area contributed by atoms with E-state index in [1.54, 1.807) is 0 Å². The fraction of sp³-hybridized carbons (Fsp3) is 0.625. The lowest BCUT2D eigenvalue weighted by Gasteiger charge is -2.19. The van der Waals surface area contributed by atoms with E-state index in [1.807, 2.05) is 0 Å². The first-order chi connectivity index (χ1) is 8.33. The van der Waals surface area contributed by atoms with Gasteiger partial charge in [0.1, 0.15) is 0 Å². The smallest absolute Gasteiger partial charge is 0.0375 e. The molecule has 1 nitrogen and oxygen atoms in total. The number of unbranched alkanes of at least 4 members (excludes halogenated alkanes) is 1. The molecule has 0 aliphatic carbocycles. The Morgan fingerprint density at radius 2 is 2.12 bits per heavy atom. The molecule has 0 radical (unpaired) electrons. The third-order valence-corrected chi connectivity index (χ3v) is 4.00. The van der Waals surface area contributed by atoms with Gasteiger partial charge in [0.2, 0.25) is 0 Å². The molecule has 2 atom stereocenters. The number of hydrogen-bond donors (Lipinski definition) is 1. The van der Waals surface area contributed by atoms with Crippen LogP contribution in [0.1, 0.15) is 51.5 Å². The summed E-state index contributed by atoms with van der Waals surface area (Å²) in [5.41, 5.74) is 2.87. The van der Waals surface area contributed by atoms with Crippen LogP contribution in [0.5, 0.6) is 0 Å². The van der Waals surface area contributed by atoms with Crippen LogP contribution < -0.4 is 5.32 Å². The number of benzene rings is 1. The highest BCUT2D eigenvalue weighted by molar-refractivity contribution is 5.56. The summed E-state index contributed by atoms with van der Waals surface area (Å²) in [6.07, 6.45) is 8.01. The van der Waals surface area contributed by atoms with Gasteiger partial charge in [-0.05, 0) is 30.4 Å². The van der Waals surface area contributed by atoms with Crippen molar-refractivity contribution in [1.82, 2.24) is 0 Å². The lowest BCUT2D eigenvalue weighted by Crippen LogP contribution is -2.19. The zero-order valence-corrected chi connectivity index (χ0v) is 11.2. The summed E-state index contributed by atoms with van der Waals surface area (Å²) in [6, 6.07) is 9.42. The lowest BCUT2D eigenvalue weighted by molar-refractivity contribution is 0.397. The molecule has 0 saturated heterocycles. The van der Waals surface area contributed by atoms with E-state index in [4.69, 9.17) is 0 Å². The summed E-state index contributed by atoms with van der Waals surface area (Å²) in [5.74, 6) is 0.904. The number of para-hydroxylation sites is 1. The maximum Gasteiger partial charge on any atom is 0.0375 e. The van der Waals surface area contributed by atoms with E-state index < -0.39 is 0 Å². The Bertz CT molecular complexity index is 320. The van der Waals surface area contributed by atoms with Crippen LogP contribution in [0.25, 0.3) is 0 Å². The third kappa shape index (κ3) is 3.24. The molecule has 94 valence electrons. The Kier molecular flexibility index (Phi) is 4.47. The Balaban J connectivity index is 1.85. The molecule has 1 heteroatoms. The molecule has 0 aromatic heterocycles. The molecule has 1 N–H and O–H groups in total. The molecule has 0 bridgehead atoms. The van der Waals surface area contributed by atoms with E-state index in [0.29, 0.717) is 6.04 Å². The number of nitrogens with one attached hydrogen (secondary N) is 1. The first-order valence-corrected chi connectivity index (χ1v) is 7.18. The van der Waals surface area contributed by atoms with Gasteiger partial charge in [0.25, 0.3) is 0 Å². The summed E-state index contributed by atoms with van der Waals surface area (Å²) < 4.78 is 0. The van der Waals surface area contributed by atoms with Crippen LogP contribution in [0.4, 0.5) is 5.69 Å². The molecule has 1 aromatic carbocycles. The molecule has 0 saturated carbocycles. The van der Waals surface area contributed by atoms with Gasteiger partial charge in [-0.2, -0.15) is 0 Å². The van der Waals surface area contributed by atoms with Gasteiger partial charge in [-0.25, -0.2) is 0 Å². The lowest BCUT2D eigenvalue weighted by atomic mass is 9.91. The molecule has 1 aromatic rings. The Labute approximate surface area is 106 Å². The minimum atomic E-state index is 0.675. The van der Waals surface area contributed by atoms with Crippen molar-refractivity contribution in [1.29, 1.82) is 0 Å². The Morgan fingerprint density at radius 3 is 2.82 bits per heavy atom. The number of hydrogen-bond acceptors (Lipinski definition) is 1. The van der Waals surface area contributed by atoms with Crippen molar-refractivity contribution in [2.75, 3.05) is 5.32 Å². The number of anilines is 1. The summed E-state index contributed by atoms with van der Waals surface area (Å²) >= 11 is 0. The molecule has 17 heavy (non-hydrogen) atoms. The second-order valence-electron chi connectivity index (χ2n) is 5.35. The Hall–Kier alpha value is -0.980. The van der Waals surface area contributed by atoms with Gasteiger partial charge >= 0.3 is 0 Å². The van der Waals surface area contributed by atoms with Crippen LogP contribution in [0.3, 0.4) is 0 Å². The van der Waals surface area contributed by atoms with Crippen molar-refractivity contribution in [3.8, 4) is 0 Å². The predicted molar refractivity (Wildman–Crippen MR) is 75.5 cm³/mol. The average Bonchev–Trinajstić information content (AvgIpc) is 2.76. The van der Waals surface area contributed by atoms with Gasteiger partial charge in [0.05, 0.1) is 0 Å². The van der Waals surface area contributed by atoms with Crippen LogP contribution in [-0.2, 0) is 6.42 Å². The van der Waals surface area contributed by atoms with Gasteiger partial charge in [0, 0.05) is 11.7 Å². The van der Waals surface area contributed by atoms with Gasteiger partial charge < -0.3 is 5.32 Å². The van der Waals surface area contributed by atoms with Gasteiger partial charge in [0.15, 0.2) is 0 Å². The average molecular weight is 231 g/mol. The monoisotopic (exact) mass is 231 g/mol. The molecule has 1 heterocycles. The van der Waals surface area contributed by atoms with Crippen LogP contribution in [0, 0.1) is 5.92 Å². The number of fused-ring (bicyclic) bond motifs is 1. The minimum absolute atomic E-state index is 0.675. The fourth-order valence-corrected chi connectivity index (χ4v) is 2.90. The summed E-state index contributed by atoms with van der Waals surface area (Å²) in [7, 11) is 0. The van der Waals surface area contributed by atoms with Crippen molar-refractivity contribution in [3.05, 3.63) is 29.8 Å². The van der Waals surface area contributed by atoms with Crippen molar-refractivity contribution in [3.63, 3.8) is 0 Å². The van der Waals surface area contributed by atoms with E-state index in [-0.39, 0.29) is 0 Å². The van der Waals surface area contributed by atoms with Gasteiger partial charge in [-0.3, -0.25) is 0 Å². The molecule has 2 rings (SSSR count). The third-order valence-electron chi connectivity index (χ3n) is 4.00. The van der Waals surface area contributed by atoms with Crippen molar-refractivity contribution >= 4 is 5.69 Å². The standard InChI is InChI=1S/C16H25N/c1-3-5-8-13(4-2)11-15-12-14-9-6-7-10-16(14)17-15/h6-7,9-10,13,15,17H,3-5,8,11-12H2,1-2H3. The van der Waals surface area contributed by atoms with Crippen molar-refractivity contribution < 1.29 is 0 Å². The SMILES string of the molecule is CCCCC(CC)CC1Cc2ccccc2N1. The molecule has 0 fully saturated rings. The van der Waals surface area contributed by atoms with Crippen molar-refractivity contribution in [2.24, 2.45) is 5.92 Å².